The third-order valence-corrected chi connectivity index (χ3v) is 2.86. The van der Waals surface area contributed by atoms with Crippen LogP contribution in [0.4, 0.5) is 0 Å². The number of hydrogen-bond donors (Lipinski definition) is 0. The normalized spacial score (nSPS) is 13.0. The molecule has 100 valence electrons. The number of carbonyl (C=O) groups excluding carboxylic acids is 1. The van der Waals surface area contributed by atoms with Crippen molar-refractivity contribution in [3.05, 3.63) is 35.9 Å². The molecule has 7 heteroatoms. The van der Waals surface area contributed by atoms with Gasteiger partial charge in [0.25, 0.3) is 10.1 Å². The van der Waals surface area contributed by atoms with Gasteiger partial charge in [-0.05, 0) is 12.1 Å². The van der Waals surface area contributed by atoms with E-state index in [1.165, 1.54) is 0 Å². The molecule has 1 aromatic rings. The first-order valence-corrected chi connectivity index (χ1v) is 7.44. The Bertz CT molecular complexity index is 485. The first-order chi connectivity index (χ1) is 8.42. The van der Waals surface area contributed by atoms with Crippen molar-refractivity contribution < 1.29 is 22.1 Å². The highest BCUT2D eigenvalue weighted by atomic mass is 35.5. The second kappa shape index (κ2) is 6.72. The van der Waals surface area contributed by atoms with Gasteiger partial charge in [-0.25, -0.2) is 4.79 Å². The fourth-order valence-corrected chi connectivity index (χ4v) is 2.02. The van der Waals surface area contributed by atoms with E-state index in [4.69, 9.17) is 16.3 Å². The van der Waals surface area contributed by atoms with Crippen LogP contribution >= 0.6 is 11.6 Å². The Hall–Kier alpha value is -1.11. The van der Waals surface area contributed by atoms with E-state index in [0.29, 0.717) is 5.56 Å². The first-order valence-electron chi connectivity index (χ1n) is 5.09. The molecule has 0 heterocycles. The third-order valence-electron chi connectivity index (χ3n) is 1.89. The number of esters is 1. The van der Waals surface area contributed by atoms with Crippen LogP contribution in [0.25, 0.3) is 0 Å². The van der Waals surface area contributed by atoms with Crippen molar-refractivity contribution in [3.63, 3.8) is 0 Å². The summed E-state index contributed by atoms with van der Waals surface area (Å²) in [6, 6.07) is 8.35. The predicted octanol–water partition coefficient (Wildman–Crippen LogP) is 1.43. The molecule has 0 saturated heterocycles. The average Bonchev–Trinajstić information content (AvgIpc) is 2.33. The number of rotatable bonds is 6. The molecule has 1 rings (SSSR count). The van der Waals surface area contributed by atoms with E-state index in [0.717, 1.165) is 6.26 Å². The largest absolute Gasteiger partial charge is 0.459 e. The molecule has 0 fully saturated rings. The zero-order chi connectivity index (χ0) is 13.6. The average molecular weight is 293 g/mol. The molecule has 1 atom stereocenters. The molecule has 0 aromatic heterocycles. The fraction of sp³-hybridized carbons (Fsp3) is 0.364. The number of halogens is 1. The molecule has 1 aromatic carbocycles. The standard InChI is InChI=1S/C11H13ClO5S/c1-18(14,15)17-10(7-12)8-16-11(13)9-5-3-2-4-6-9/h2-6,10H,7-8H2,1H3. The van der Waals surface area contributed by atoms with Gasteiger partial charge in [-0.1, -0.05) is 18.2 Å². The number of carbonyl (C=O) groups is 1. The molecular weight excluding hydrogens is 280 g/mol. The summed E-state index contributed by atoms with van der Waals surface area (Å²) in [6.07, 6.45) is 0.0280. The predicted molar refractivity (Wildman–Crippen MR) is 67.2 cm³/mol. The van der Waals surface area contributed by atoms with E-state index in [1.807, 2.05) is 0 Å². The van der Waals surface area contributed by atoms with Gasteiger partial charge >= 0.3 is 5.97 Å². The Balaban J connectivity index is 2.51. The lowest BCUT2D eigenvalue weighted by molar-refractivity contribution is 0.0355. The number of benzene rings is 1. The van der Waals surface area contributed by atoms with Gasteiger partial charge in [0.2, 0.25) is 0 Å². The van der Waals surface area contributed by atoms with Gasteiger partial charge in [0.05, 0.1) is 17.7 Å². The van der Waals surface area contributed by atoms with Gasteiger partial charge < -0.3 is 4.74 Å². The molecule has 0 saturated carbocycles. The molecule has 0 radical (unpaired) electrons. The molecule has 0 aliphatic rings. The van der Waals surface area contributed by atoms with Gasteiger partial charge in [0.1, 0.15) is 12.7 Å². The summed E-state index contributed by atoms with van der Waals surface area (Å²) >= 11 is 5.52. The van der Waals surface area contributed by atoms with Crippen molar-refractivity contribution in [2.45, 2.75) is 6.10 Å². The van der Waals surface area contributed by atoms with Crippen molar-refractivity contribution in [1.29, 1.82) is 0 Å². The Morgan fingerprint density at radius 1 is 1.33 bits per heavy atom. The SMILES string of the molecule is CS(=O)(=O)OC(CCl)COC(=O)c1ccccc1. The van der Waals surface area contributed by atoms with Crippen LogP contribution in [-0.2, 0) is 19.0 Å². The lowest BCUT2D eigenvalue weighted by Crippen LogP contribution is -2.26. The van der Waals surface area contributed by atoms with Crippen LogP contribution in [0.15, 0.2) is 30.3 Å². The summed E-state index contributed by atoms with van der Waals surface area (Å²) in [5.41, 5.74) is 0.380. The number of alkyl halides is 1. The molecule has 0 spiro atoms. The summed E-state index contributed by atoms with van der Waals surface area (Å²) in [6.45, 7) is -0.218. The van der Waals surface area contributed by atoms with Crippen molar-refractivity contribution in [3.8, 4) is 0 Å². The minimum Gasteiger partial charge on any atom is -0.459 e. The minimum absolute atomic E-state index is 0.0882. The summed E-state index contributed by atoms with van der Waals surface area (Å²) in [5.74, 6) is -0.641. The molecule has 0 bridgehead atoms. The highest BCUT2D eigenvalue weighted by Crippen LogP contribution is 2.05. The van der Waals surface area contributed by atoms with Crippen LogP contribution in [0.2, 0.25) is 0 Å². The monoisotopic (exact) mass is 292 g/mol. The Morgan fingerprint density at radius 2 is 1.94 bits per heavy atom. The van der Waals surface area contributed by atoms with E-state index < -0.39 is 22.2 Å². The maximum absolute atomic E-state index is 11.6. The lowest BCUT2D eigenvalue weighted by atomic mass is 10.2. The van der Waals surface area contributed by atoms with E-state index >= 15 is 0 Å². The quantitative estimate of drug-likeness (QED) is 0.451. The van der Waals surface area contributed by atoms with Crippen molar-refractivity contribution >= 4 is 27.7 Å². The Morgan fingerprint density at radius 3 is 2.44 bits per heavy atom. The summed E-state index contributed by atoms with van der Waals surface area (Å²) in [5, 5.41) is 0. The second-order valence-electron chi connectivity index (χ2n) is 3.54. The number of ether oxygens (including phenoxy) is 1. The van der Waals surface area contributed by atoms with Gasteiger partial charge in [-0.15, -0.1) is 11.6 Å². The highest BCUT2D eigenvalue weighted by Gasteiger charge is 2.17. The lowest BCUT2D eigenvalue weighted by Gasteiger charge is -2.13. The van der Waals surface area contributed by atoms with Crippen LogP contribution in [0.1, 0.15) is 10.4 Å². The Kier molecular flexibility index (Phi) is 5.58. The van der Waals surface area contributed by atoms with Crippen LogP contribution in [0, 0.1) is 0 Å². The third kappa shape index (κ3) is 5.48. The van der Waals surface area contributed by atoms with Crippen LogP contribution in [0.5, 0.6) is 0 Å². The van der Waals surface area contributed by atoms with Crippen molar-refractivity contribution in [1.82, 2.24) is 0 Å². The van der Waals surface area contributed by atoms with E-state index in [-0.39, 0.29) is 12.5 Å². The Labute approximate surface area is 111 Å². The maximum atomic E-state index is 11.6. The molecule has 0 amide bonds. The first kappa shape index (κ1) is 14.9. The van der Waals surface area contributed by atoms with Gasteiger partial charge in [0, 0.05) is 0 Å². The van der Waals surface area contributed by atoms with E-state index in [2.05, 4.69) is 4.18 Å². The highest BCUT2D eigenvalue weighted by molar-refractivity contribution is 7.86. The smallest absolute Gasteiger partial charge is 0.338 e. The minimum atomic E-state index is -3.62. The summed E-state index contributed by atoms with van der Waals surface area (Å²) in [7, 11) is -3.62. The van der Waals surface area contributed by atoms with Crippen LogP contribution in [-0.4, -0.2) is 39.2 Å². The van der Waals surface area contributed by atoms with Crippen molar-refractivity contribution in [2.24, 2.45) is 0 Å². The molecule has 18 heavy (non-hydrogen) atoms. The molecule has 1 unspecified atom stereocenters. The molecular formula is C11H13ClO5S. The maximum Gasteiger partial charge on any atom is 0.338 e. The van der Waals surface area contributed by atoms with E-state index in [1.54, 1.807) is 30.3 Å². The molecule has 0 aliphatic heterocycles. The summed E-state index contributed by atoms with van der Waals surface area (Å²) < 4.78 is 31.3. The van der Waals surface area contributed by atoms with E-state index in [9.17, 15) is 13.2 Å². The molecule has 0 aliphatic carbocycles. The number of hydrogen-bond acceptors (Lipinski definition) is 5. The second-order valence-corrected chi connectivity index (χ2v) is 5.45. The zero-order valence-electron chi connectivity index (χ0n) is 9.71. The van der Waals surface area contributed by atoms with Gasteiger partial charge in [-0.2, -0.15) is 8.42 Å². The van der Waals surface area contributed by atoms with Crippen molar-refractivity contribution in [2.75, 3.05) is 18.7 Å². The zero-order valence-corrected chi connectivity index (χ0v) is 11.3. The van der Waals surface area contributed by atoms with Crippen LogP contribution < -0.4 is 0 Å². The van der Waals surface area contributed by atoms with Gasteiger partial charge in [-0.3, -0.25) is 4.18 Å². The topological polar surface area (TPSA) is 69.7 Å². The molecule has 0 N–H and O–H groups in total. The fourth-order valence-electron chi connectivity index (χ4n) is 1.17. The van der Waals surface area contributed by atoms with Crippen LogP contribution in [0.3, 0.4) is 0 Å². The summed E-state index contributed by atoms with van der Waals surface area (Å²) in [4.78, 5) is 11.6. The van der Waals surface area contributed by atoms with Gasteiger partial charge in [0.15, 0.2) is 0 Å². The molecule has 5 nitrogen and oxygen atoms in total.